The summed E-state index contributed by atoms with van der Waals surface area (Å²) in [4.78, 5) is 0.936. The number of benzene rings is 1. The molecule has 1 aromatic rings. The Morgan fingerprint density at radius 2 is 2.20 bits per heavy atom. The van der Waals surface area contributed by atoms with E-state index in [2.05, 4.69) is 35.2 Å². The van der Waals surface area contributed by atoms with E-state index in [4.69, 9.17) is 4.74 Å². The molecule has 1 aliphatic rings. The Morgan fingerprint density at radius 3 is 2.60 bits per heavy atom. The second-order valence-electron chi connectivity index (χ2n) is 3.53. The molecule has 1 aliphatic carbocycles. The topological polar surface area (TPSA) is 9.23 Å². The molecule has 3 heteroatoms. The van der Waals surface area contributed by atoms with Crippen molar-refractivity contribution in [3.05, 3.63) is 24.3 Å². The van der Waals surface area contributed by atoms with Crippen molar-refractivity contribution in [1.29, 1.82) is 0 Å². The summed E-state index contributed by atoms with van der Waals surface area (Å²) in [7, 11) is 0. The molecule has 0 amide bonds. The Labute approximate surface area is 111 Å². The molecule has 0 saturated heterocycles. The second kappa shape index (κ2) is 7.39. The van der Waals surface area contributed by atoms with Crippen LogP contribution in [0.15, 0.2) is 29.2 Å². The minimum absolute atomic E-state index is 0.706. The molecule has 0 heterocycles. The number of halogens is 1. The average Bonchev–Trinajstić information content (AvgIpc) is 3.02. The summed E-state index contributed by atoms with van der Waals surface area (Å²) in [5.74, 6) is 2.01. The largest absolute Gasteiger partial charge is 0.494 e. The Kier molecular flexibility index (Phi) is 6.48. The Hall–Kier alpha value is 0.1000. The molecule has 1 nitrogen and oxygen atoms in total. The number of hydrogen-bond donors (Lipinski definition) is 1. The standard InChI is InChI=1S/C8H10OS.C4H7I/c1-2-9-7-4-3-5-8(10)6-7;5-3-4-1-2-4/h3-6,10H,2H2,1H3;4H,1-3H2. The highest BCUT2D eigenvalue weighted by atomic mass is 127. The lowest BCUT2D eigenvalue weighted by Crippen LogP contribution is -1.90. The Morgan fingerprint density at radius 1 is 1.47 bits per heavy atom. The van der Waals surface area contributed by atoms with Crippen LogP contribution < -0.4 is 4.74 Å². The van der Waals surface area contributed by atoms with E-state index < -0.39 is 0 Å². The highest BCUT2D eigenvalue weighted by Gasteiger charge is 2.18. The molecular weight excluding hydrogens is 319 g/mol. The number of rotatable bonds is 3. The first-order chi connectivity index (χ1) is 7.26. The minimum Gasteiger partial charge on any atom is -0.494 e. The molecule has 0 radical (unpaired) electrons. The maximum absolute atomic E-state index is 5.24. The SMILES string of the molecule is CCOc1cccc(S)c1.ICC1CC1. The molecule has 84 valence electrons. The third-order valence-electron chi connectivity index (χ3n) is 2.04. The van der Waals surface area contributed by atoms with Gasteiger partial charge in [0.25, 0.3) is 0 Å². The van der Waals surface area contributed by atoms with E-state index in [0.29, 0.717) is 6.61 Å². The first kappa shape index (κ1) is 13.2. The normalized spacial score (nSPS) is 14.1. The predicted molar refractivity (Wildman–Crippen MR) is 76.5 cm³/mol. The second-order valence-corrected chi connectivity index (χ2v) is 4.93. The van der Waals surface area contributed by atoms with Crippen LogP contribution in [0.25, 0.3) is 0 Å². The van der Waals surface area contributed by atoms with E-state index in [1.54, 1.807) is 0 Å². The minimum atomic E-state index is 0.706. The summed E-state index contributed by atoms with van der Waals surface area (Å²) >= 11 is 6.61. The fraction of sp³-hybridized carbons (Fsp3) is 0.500. The van der Waals surface area contributed by atoms with Crippen LogP contribution in [0.1, 0.15) is 19.8 Å². The van der Waals surface area contributed by atoms with Crippen LogP contribution >= 0.6 is 35.2 Å². The molecule has 15 heavy (non-hydrogen) atoms. The van der Waals surface area contributed by atoms with Crippen LogP contribution in [0.2, 0.25) is 0 Å². The van der Waals surface area contributed by atoms with Gasteiger partial charge in [-0.25, -0.2) is 0 Å². The highest BCUT2D eigenvalue weighted by molar-refractivity contribution is 14.1. The third kappa shape index (κ3) is 6.30. The van der Waals surface area contributed by atoms with Crippen molar-refractivity contribution in [2.24, 2.45) is 5.92 Å². The summed E-state index contributed by atoms with van der Waals surface area (Å²) in [5, 5.41) is 0. The molecular formula is C12H17IOS. The quantitative estimate of drug-likeness (QED) is 0.494. The van der Waals surface area contributed by atoms with Crippen molar-refractivity contribution in [2.45, 2.75) is 24.7 Å². The van der Waals surface area contributed by atoms with E-state index in [1.807, 2.05) is 31.2 Å². The molecule has 1 saturated carbocycles. The van der Waals surface area contributed by atoms with Crippen LogP contribution in [0.3, 0.4) is 0 Å². The van der Waals surface area contributed by atoms with Gasteiger partial charge in [0, 0.05) is 9.32 Å². The number of alkyl halides is 1. The zero-order chi connectivity index (χ0) is 11.1. The molecule has 0 N–H and O–H groups in total. The maximum Gasteiger partial charge on any atom is 0.120 e. The van der Waals surface area contributed by atoms with Crippen molar-refractivity contribution in [3.63, 3.8) is 0 Å². The maximum atomic E-state index is 5.24. The summed E-state index contributed by atoms with van der Waals surface area (Å²) in [6.07, 6.45) is 3.01. The molecule has 0 aromatic heterocycles. The van der Waals surface area contributed by atoms with Gasteiger partial charge in [0.1, 0.15) is 5.75 Å². The fourth-order valence-corrected chi connectivity index (χ4v) is 2.11. The predicted octanol–water partition coefficient (Wildman–Crippen LogP) is 4.21. The van der Waals surface area contributed by atoms with E-state index in [-0.39, 0.29) is 0 Å². The molecule has 0 spiro atoms. The number of thiol groups is 1. The van der Waals surface area contributed by atoms with Gasteiger partial charge in [0.05, 0.1) is 6.61 Å². The van der Waals surface area contributed by atoms with Crippen molar-refractivity contribution in [2.75, 3.05) is 11.0 Å². The van der Waals surface area contributed by atoms with Gasteiger partial charge in [-0.1, -0.05) is 28.7 Å². The fourth-order valence-electron chi connectivity index (χ4n) is 1.01. The van der Waals surface area contributed by atoms with Gasteiger partial charge in [-0.3, -0.25) is 0 Å². The zero-order valence-electron chi connectivity index (χ0n) is 8.95. The van der Waals surface area contributed by atoms with Crippen molar-refractivity contribution in [3.8, 4) is 5.75 Å². The molecule has 0 unspecified atom stereocenters. The lowest BCUT2D eigenvalue weighted by atomic mass is 10.3. The smallest absolute Gasteiger partial charge is 0.120 e. The Balaban J connectivity index is 0.000000187. The lowest BCUT2D eigenvalue weighted by molar-refractivity contribution is 0.339. The monoisotopic (exact) mass is 336 g/mol. The van der Waals surface area contributed by atoms with Gasteiger partial charge >= 0.3 is 0 Å². The van der Waals surface area contributed by atoms with Gasteiger partial charge in [-0.05, 0) is 43.9 Å². The van der Waals surface area contributed by atoms with E-state index in [1.165, 1.54) is 17.3 Å². The summed E-state index contributed by atoms with van der Waals surface area (Å²) < 4.78 is 6.62. The molecule has 0 atom stereocenters. The van der Waals surface area contributed by atoms with Gasteiger partial charge in [0.2, 0.25) is 0 Å². The molecule has 2 rings (SSSR count). The molecule has 0 aliphatic heterocycles. The van der Waals surface area contributed by atoms with E-state index >= 15 is 0 Å². The van der Waals surface area contributed by atoms with Crippen molar-refractivity contribution in [1.82, 2.24) is 0 Å². The average molecular weight is 336 g/mol. The van der Waals surface area contributed by atoms with Crippen molar-refractivity contribution >= 4 is 35.2 Å². The van der Waals surface area contributed by atoms with Gasteiger partial charge in [-0.2, -0.15) is 0 Å². The van der Waals surface area contributed by atoms with Crippen LogP contribution in [0.4, 0.5) is 0 Å². The van der Waals surface area contributed by atoms with E-state index in [9.17, 15) is 0 Å². The highest BCUT2D eigenvalue weighted by Crippen LogP contribution is 2.30. The van der Waals surface area contributed by atoms with Gasteiger partial charge in [-0.15, -0.1) is 12.6 Å². The number of ether oxygens (including phenoxy) is 1. The van der Waals surface area contributed by atoms with Crippen LogP contribution in [-0.2, 0) is 0 Å². The summed E-state index contributed by atoms with van der Waals surface area (Å²) in [6, 6.07) is 7.66. The van der Waals surface area contributed by atoms with Crippen LogP contribution in [-0.4, -0.2) is 11.0 Å². The first-order valence-electron chi connectivity index (χ1n) is 5.24. The molecule has 1 fully saturated rings. The third-order valence-corrected chi connectivity index (χ3v) is 3.57. The van der Waals surface area contributed by atoms with Crippen LogP contribution in [0, 0.1) is 5.92 Å². The summed E-state index contributed by atoms with van der Waals surface area (Å²) in [5.41, 5.74) is 0. The Bertz CT molecular complexity index is 287. The molecule has 0 bridgehead atoms. The summed E-state index contributed by atoms with van der Waals surface area (Å²) in [6.45, 7) is 2.67. The zero-order valence-corrected chi connectivity index (χ0v) is 12.0. The molecule has 1 aromatic carbocycles. The van der Waals surface area contributed by atoms with Crippen molar-refractivity contribution < 1.29 is 4.74 Å². The van der Waals surface area contributed by atoms with Gasteiger partial charge < -0.3 is 4.74 Å². The van der Waals surface area contributed by atoms with Crippen LogP contribution in [0.5, 0.6) is 5.75 Å². The first-order valence-corrected chi connectivity index (χ1v) is 7.21. The number of hydrogen-bond acceptors (Lipinski definition) is 2. The van der Waals surface area contributed by atoms with E-state index in [0.717, 1.165) is 16.6 Å². The lowest BCUT2D eigenvalue weighted by Gasteiger charge is -2.01. The van der Waals surface area contributed by atoms with Gasteiger partial charge in [0.15, 0.2) is 0 Å².